The smallest absolute Gasteiger partial charge is 0.248 e. The molecule has 2 amide bonds. The van der Waals surface area contributed by atoms with Crippen molar-refractivity contribution in [3.8, 4) is 0 Å². The van der Waals surface area contributed by atoms with Gasteiger partial charge in [0.1, 0.15) is 21.4 Å². The van der Waals surface area contributed by atoms with Gasteiger partial charge in [-0.05, 0) is 25.7 Å². The summed E-state index contributed by atoms with van der Waals surface area (Å²) in [6.07, 6.45) is 2.03. The Labute approximate surface area is 127 Å². The van der Waals surface area contributed by atoms with E-state index in [-0.39, 0.29) is 30.0 Å². The molecule has 1 rings (SSSR count). The average Bonchev–Trinajstić information content (AvgIpc) is 2.33. The highest BCUT2D eigenvalue weighted by atomic mass is 32.2. The molecule has 1 aliphatic heterocycles. The van der Waals surface area contributed by atoms with Crippen LogP contribution >= 0.6 is 0 Å². The van der Waals surface area contributed by atoms with Gasteiger partial charge < -0.3 is 10.2 Å². The Kier molecular flexibility index (Phi) is 5.41. The SMILES string of the molecule is CCC1(C)NC(=O)C(C(C)C)N(CCCS(C)(=O)=O)C1=O. The van der Waals surface area contributed by atoms with Crippen LogP contribution in [0, 0.1) is 5.92 Å². The van der Waals surface area contributed by atoms with E-state index in [2.05, 4.69) is 5.32 Å². The molecule has 0 aliphatic carbocycles. The van der Waals surface area contributed by atoms with Crippen molar-refractivity contribution in [2.45, 2.75) is 52.1 Å². The summed E-state index contributed by atoms with van der Waals surface area (Å²) >= 11 is 0. The van der Waals surface area contributed by atoms with E-state index < -0.39 is 21.4 Å². The second kappa shape index (κ2) is 6.34. The fraction of sp³-hybridized carbons (Fsp3) is 0.857. The quantitative estimate of drug-likeness (QED) is 0.776. The van der Waals surface area contributed by atoms with Crippen LogP contribution in [-0.2, 0) is 19.4 Å². The molecule has 21 heavy (non-hydrogen) atoms. The highest BCUT2D eigenvalue weighted by Gasteiger charge is 2.47. The zero-order chi connectivity index (χ0) is 16.4. The molecule has 2 unspecified atom stereocenters. The fourth-order valence-electron chi connectivity index (χ4n) is 2.62. The third-order valence-corrected chi connectivity index (χ3v) is 5.02. The zero-order valence-electron chi connectivity index (χ0n) is 13.5. The number of amides is 2. The molecule has 2 atom stereocenters. The Balaban J connectivity index is 2.96. The lowest BCUT2D eigenvalue weighted by atomic mass is 9.88. The number of hydrogen-bond donors (Lipinski definition) is 1. The second-order valence-corrected chi connectivity index (χ2v) is 8.61. The Bertz CT molecular complexity index is 515. The molecule has 0 bridgehead atoms. The van der Waals surface area contributed by atoms with Crippen molar-refractivity contribution in [3.63, 3.8) is 0 Å². The summed E-state index contributed by atoms with van der Waals surface area (Å²) in [5.41, 5.74) is -0.895. The van der Waals surface area contributed by atoms with Crippen LogP contribution in [0.4, 0.5) is 0 Å². The lowest BCUT2D eigenvalue weighted by Gasteiger charge is -2.45. The van der Waals surface area contributed by atoms with Crippen molar-refractivity contribution < 1.29 is 18.0 Å². The summed E-state index contributed by atoms with van der Waals surface area (Å²) in [4.78, 5) is 26.5. The molecule has 0 saturated carbocycles. The van der Waals surface area contributed by atoms with Crippen molar-refractivity contribution >= 4 is 21.7 Å². The second-order valence-electron chi connectivity index (χ2n) is 6.35. The molecular formula is C14H26N2O4S. The summed E-state index contributed by atoms with van der Waals surface area (Å²) in [7, 11) is -3.07. The number of rotatable bonds is 6. The van der Waals surface area contributed by atoms with Crippen LogP contribution in [0.2, 0.25) is 0 Å². The average molecular weight is 318 g/mol. The Morgan fingerprint density at radius 1 is 1.33 bits per heavy atom. The van der Waals surface area contributed by atoms with Crippen LogP contribution in [0.5, 0.6) is 0 Å². The molecule has 6 nitrogen and oxygen atoms in total. The number of carbonyl (C=O) groups excluding carboxylic acids is 2. The summed E-state index contributed by atoms with van der Waals surface area (Å²) in [5, 5.41) is 2.81. The summed E-state index contributed by atoms with van der Waals surface area (Å²) in [6, 6.07) is -0.531. The topological polar surface area (TPSA) is 83.6 Å². The first kappa shape index (κ1) is 17.9. The van der Waals surface area contributed by atoms with E-state index >= 15 is 0 Å². The molecule has 1 N–H and O–H groups in total. The molecule has 1 fully saturated rings. The number of hydrogen-bond acceptors (Lipinski definition) is 4. The van der Waals surface area contributed by atoms with Crippen LogP contribution < -0.4 is 5.32 Å². The van der Waals surface area contributed by atoms with Gasteiger partial charge >= 0.3 is 0 Å². The van der Waals surface area contributed by atoms with E-state index in [4.69, 9.17) is 0 Å². The van der Waals surface area contributed by atoms with E-state index in [1.54, 1.807) is 11.8 Å². The van der Waals surface area contributed by atoms with Crippen molar-refractivity contribution in [2.75, 3.05) is 18.6 Å². The zero-order valence-corrected chi connectivity index (χ0v) is 14.3. The highest BCUT2D eigenvalue weighted by Crippen LogP contribution is 2.25. The maximum absolute atomic E-state index is 12.7. The van der Waals surface area contributed by atoms with Gasteiger partial charge in [-0.15, -0.1) is 0 Å². The van der Waals surface area contributed by atoms with Crippen LogP contribution in [0.25, 0.3) is 0 Å². The lowest BCUT2D eigenvalue weighted by molar-refractivity contribution is -0.156. The number of nitrogens with zero attached hydrogens (tertiary/aromatic N) is 1. The number of nitrogens with one attached hydrogen (secondary N) is 1. The Morgan fingerprint density at radius 3 is 2.33 bits per heavy atom. The molecule has 122 valence electrons. The minimum atomic E-state index is -3.07. The van der Waals surface area contributed by atoms with Crippen molar-refractivity contribution in [2.24, 2.45) is 5.92 Å². The van der Waals surface area contributed by atoms with Crippen LogP contribution in [0.3, 0.4) is 0 Å². The largest absolute Gasteiger partial charge is 0.340 e. The van der Waals surface area contributed by atoms with Gasteiger partial charge in [0.25, 0.3) is 0 Å². The fourth-order valence-corrected chi connectivity index (χ4v) is 3.28. The van der Waals surface area contributed by atoms with Crippen LogP contribution in [0.15, 0.2) is 0 Å². The van der Waals surface area contributed by atoms with Gasteiger partial charge in [0.05, 0.1) is 5.75 Å². The van der Waals surface area contributed by atoms with E-state index in [0.29, 0.717) is 12.8 Å². The maximum atomic E-state index is 12.7. The van der Waals surface area contributed by atoms with Crippen molar-refractivity contribution in [3.05, 3.63) is 0 Å². The first-order valence-electron chi connectivity index (χ1n) is 7.32. The maximum Gasteiger partial charge on any atom is 0.248 e. The molecule has 7 heteroatoms. The minimum Gasteiger partial charge on any atom is -0.340 e. The Morgan fingerprint density at radius 2 is 1.90 bits per heavy atom. The summed E-state index contributed by atoms with van der Waals surface area (Å²) in [5.74, 6) is -0.287. The van der Waals surface area contributed by atoms with E-state index in [9.17, 15) is 18.0 Å². The molecule has 1 aliphatic rings. The molecule has 0 radical (unpaired) electrons. The lowest BCUT2D eigenvalue weighted by Crippen LogP contribution is -2.70. The third-order valence-electron chi connectivity index (χ3n) is 3.99. The van der Waals surface area contributed by atoms with Gasteiger partial charge in [0.2, 0.25) is 11.8 Å². The van der Waals surface area contributed by atoms with Crippen molar-refractivity contribution in [1.29, 1.82) is 0 Å². The highest BCUT2D eigenvalue weighted by molar-refractivity contribution is 7.90. The van der Waals surface area contributed by atoms with Crippen molar-refractivity contribution in [1.82, 2.24) is 10.2 Å². The summed E-state index contributed by atoms with van der Waals surface area (Å²) < 4.78 is 22.5. The predicted molar refractivity (Wildman–Crippen MR) is 81.5 cm³/mol. The van der Waals surface area contributed by atoms with Gasteiger partial charge in [0.15, 0.2) is 0 Å². The predicted octanol–water partition coefficient (Wildman–Crippen LogP) is 0.573. The number of sulfone groups is 1. The summed E-state index contributed by atoms with van der Waals surface area (Å²) in [6.45, 7) is 7.62. The van der Waals surface area contributed by atoms with Gasteiger partial charge in [-0.1, -0.05) is 20.8 Å². The van der Waals surface area contributed by atoms with Crippen LogP contribution in [0.1, 0.15) is 40.5 Å². The molecule has 0 aromatic heterocycles. The monoisotopic (exact) mass is 318 g/mol. The molecule has 0 spiro atoms. The molecule has 1 saturated heterocycles. The third kappa shape index (κ3) is 4.18. The van der Waals surface area contributed by atoms with Gasteiger partial charge in [-0.25, -0.2) is 8.42 Å². The standard InChI is InChI=1S/C14H26N2O4S/c1-6-14(4)13(18)16(8-7-9-21(5,19)20)11(10(2)3)12(17)15-14/h10-11H,6-9H2,1-5H3,(H,15,17). The van der Waals surface area contributed by atoms with Gasteiger partial charge in [0, 0.05) is 12.8 Å². The first-order chi connectivity index (χ1) is 9.52. The van der Waals surface area contributed by atoms with E-state index in [1.165, 1.54) is 6.26 Å². The minimum absolute atomic E-state index is 0.0198. The number of carbonyl (C=O) groups is 2. The molecule has 0 aromatic carbocycles. The molecule has 0 aromatic rings. The van der Waals surface area contributed by atoms with Gasteiger partial charge in [-0.3, -0.25) is 9.59 Å². The number of piperazine rings is 1. The first-order valence-corrected chi connectivity index (χ1v) is 9.38. The van der Waals surface area contributed by atoms with E-state index in [0.717, 1.165) is 0 Å². The van der Waals surface area contributed by atoms with Gasteiger partial charge in [-0.2, -0.15) is 0 Å². The van der Waals surface area contributed by atoms with Crippen LogP contribution in [-0.4, -0.2) is 55.3 Å². The Hall–Kier alpha value is -1.11. The van der Waals surface area contributed by atoms with E-state index in [1.807, 2.05) is 20.8 Å². The normalized spacial score (nSPS) is 27.1. The molecule has 1 heterocycles. The molecular weight excluding hydrogens is 292 g/mol.